The number of ether oxygens (including phenoxy) is 2. The van der Waals surface area contributed by atoms with Crippen LogP contribution in [0.15, 0.2) is 52.9 Å². The van der Waals surface area contributed by atoms with Crippen LogP contribution in [0.5, 0.6) is 5.75 Å². The number of amides is 1. The minimum absolute atomic E-state index is 0.0727. The molecule has 0 saturated heterocycles. The van der Waals surface area contributed by atoms with Crippen molar-refractivity contribution in [3.05, 3.63) is 80.0 Å². The number of anilines is 1. The summed E-state index contributed by atoms with van der Waals surface area (Å²) in [7, 11) is 1.29. The molecule has 0 saturated carbocycles. The maximum Gasteiger partial charge on any atom is 0.349 e. The van der Waals surface area contributed by atoms with Gasteiger partial charge >= 0.3 is 5.97 Å². The van der Waals surface area contributed by atoms with Gasteiger partial charge in [0.15, 0.2) is 5.76 Å². The molecule has 2 heterocycles. The number of halogens is 3. The first-order valence-electron chi connectivity index (χ1n) is 9.14. The minimum atomic E-state index is -0.508. The predicted octanol–water partition coefficient (Wildman–Crippen LogP) is 7.07. The number of fused-ring (bicyclic) bond motifs is 1. The van der Waals surface area contributed by atoms with Crippen LogP contribution in [0.4, 0.5) is 5.69 Å². The molecule has 0 spiro atoms. The first kappa shape index (κ1) is 22.5. The van der Waals surface area contributed by atoms with Gasteiger partial charge in [0.05, 0.1) is 17.2 Å². The summed E-state index contributed by atoms with van der Waals surface area (Å²) in [5.74, 6) is 0.0176. The molecule has 0 aliphatic carbocycles. The SMILES string of the molecule is COC(=O)c1sc2cc(NC(=O)c3ccc(COc4cccc(Cl)c4Cl)o3)ccc2c1Cl. The predicted molar refractivity (Wildman–Crippen MR) is 126 cm³/mol. The van der Waals surface area contributed by atoms with Crippen molar-refractivity contribution in [1.29, 1.82) is 0 Å². The molecule has 4 rings (SSSR count). The molecule has 0 atom stereocenters. The quantitative estimate of drug-likeness (QED) is 0.281. The van der Waals surface area contributed by atoms with E-state index in [2.05, 4.69) is 5.32 Å². The molecule has 0 fully saturated rings. The van der Waals surface area contributed by atoms with Crippen molar-refractivity contribution in [3.63, 3.8) is 0 Å². The van der Waals surface area contributed by atoms with Crippen LogP contribution in [0.2, 0.25) is 15.1 Å². The largest absolute Gasteiger partial charge is 0.484 e. The monoisotopic (exact) mass is 509 g/mol. The van der Waals surface area contributed by atoms with E-state index in [0.717, 1.165) is 4.70 Å². The van der Waals surface area contributed by atoms with Crippen molar-refractivity contribution in [2.75, 3.05) is 12.4 Å². The lowest BCUT2D eigenvalue weighted by Gasteiger charge is -2.07. The number of methoxy groups -OCH3 is 1. The third-order valence-corrected chi connectivity index (χ3v) is 6.87. The van der Waals surface area contributed by atoms with Crippen LogP contribution in [0.25, 0.3) is 10.1 Å². The summed E-state index contributed by atoms with van der Waals surface area (Å²) in [4.78, 5) is 24.7. The molecular weight excluding hydrogens is 497 g/mol. The van der Waals surface area contributed by atoms with Crippen LogP contribution >= 0.6 is 46.1 Å². The second kappa shape index (κ2) is 9.42. The van der Waals surface area contributed by atoms with Crippen LogP contribution in [0.1, 0.15) is 26.0 Å². The maximum absolute atomic E-state index is 12.6. The lowest BCUT2D eigenvalue weighted by atomic mass is 10.2. The van der Waals surface area contributed by atoms with Gasteiger partial charge in [-0.25, -0.2) is 4.79 Å². The summed E-state index contributed by atoms with van der Waals surface area (Å²) in [6.07, 6.45) is 0. The topological polar surface area (TPSA) is 77.8 Å². The summed E-state index contributed by atoms with van der Waals surface area (Å²) < 4.78 is 16.7. The van der Waals surface area contributed by atoms with Crippen molar-refractivity contribution in [1.82, 2.24) is 0 Å². The second-order valence-corrected chi connectivity index (χ2v) is 8.72. The average molecular weight is 511 g/mol. The van der Waals surface area contributed by atoms with Gasteiger partial charge in [-0.3, -0.25) is 4.79 Å². The highest BCUT2D eigenvalue weighted by Gasteiger charge is 2.19. The van der Waals surface area contributed by atoms with E-state index in [1.807, 2.05) is 0 Å². The van der Waals surface area contributed by atoms with E-state index in [-0.39, 0.29) is 12.4 Å². The van der Waals surface area contributed by atoms with Crippen molar-refractivity contribution >= 4 is 73.8 Å². The highest BCUT2D eigenvalue weighted by Crippen LogP contribution is 2.37. The van der Waals surface area contributed by atoms with Gasteiger partial charge in [-0.1, -0.05) is 40.9 Å². The van der Waals surface area contributed by atoms with Crippen molar-refractivity contribution in [2.24, 2.45) is 0 Å². The van der Waals surface area contributed by atoms with E-state index in [9.17, 15) is 9.59 Å². The molecule has 2 aromatic carbocycles. The number of esters is 1. The van der Waals surface area contributed by atoms with Gasteiger partial charge in [0.2, 0.25) is 0 Å². The lowest BCUT2D eigenvalue weighted by Crippen LogP contribution is -2.10. The molecule has 2 aromatic heterocycles. The molecule has 0 unspecified atom stereocenters. The second-order valence-electron chi connectivity index (χ2n) is 6.51. The van der Waals surface area contributed by atoms with Gasteiger partial charge in [0.1, 0.15) is 28.0 Å². The average Bonchev–Trinajstić information content (AvgIpc) is 3.39. The number of thiophene rings is 1. The van der Waals surface area contributed by atoms with Gasteiger partial charge in [-0.2, -0.15) is 0 Å². The van der Waals surface area contributed by atoms with E-state index in [1.54, 1.807) is 48.5 Å². The van der Waals surface area contributed by atoms with Crippen LogP contribution in [-0.2, 0) is 11.3 Å². The third kappa shape index (κ3) is 4.56. The molecule has 164 valence electrons. The number of carbonyl (C=O) groups excluding carboxylic acids is 2. The number of benzene rings is 2. The van der Waals surface area contributed by atoms with E-state index >= 15 is 0 Å². The Hall–Kier alpha value is -2.71. The van der Waals surface area contributed by atoms with Crippen molar-refractivity contribution < 1.29 is 23.5 Å². The summed E-state index contributed by atoms with van der Waals surface area (Å²) in [6.45, 7) is 0.0727. The zero-order valence-electron chi connectivity index (χ0n) is 16.4. The lowest BCUT2D eigenvalue weighted by molar-refractivity contribution is 0.0606. The maximum atomic E-state index is 12.6. The fourth-order valence-corrected chi connectivity index (χ4v) is 4.69. The van der Waals surface area contributed by atoms with E-state index in [0.29, 0.717) is 42.5 Å². The number of furan rings is 1. The molecular formula is C22H14Cl3NO5S. The van der Waals surface area contributed by atoms with Crippen LogP contribution in [0, 0.1) is 0 Å². The Morgan fingerprint density at radius 2 is 1.88 bits per heavy atom. The Morgan fingerprint density at radius 3 is 2.66 bits per heavy atom. The Labute approximate surface area is 201 Å². The zero-order chi connectivity index (χ0) is 22.8. The molecule has 1 N–H and O–H groups in total. The Morgan fingerprint density at radius 1 is 1.06 bits per heavy atom. The highest BCUT2D eigenvalue weighted by atomic mass is 35.5. The first-order chi connectivity index (χ1) is 15.4. The third-order valence-electron chi connectivity index (χ3n) is 4.43. The Balaban J connectivity index is 1.45. The summed E-state index contributed by atoms with van der Waals surface area (Å²) >= 11 is 19.5. The van der Waals surface area contributed by atoms with Gasteiger partial charge in [-0.05, 0) is 42.5 Å². The van der Waals surface area contributed by atoms with Gasteiger partial charge in [0.25, 0.3) is 5.91 Å². The van der Waals surface area contributed by atoms with E-state index in [1.165, 1.54) is 18.4 Å². The molecule has 6 nitrogen and oxygen atoms in total. The molecule has 32 heavy (non-hydrogen) atoms. The van der Waals surface area contributed by atoms with E-state index in [4.69, 9.17) is 48.7 Å². The molecule has 1 amide bonds. The normalized spacial score (nSPS) is 10.9. The molecule has 0 bridgehead atoms. The zero-order valence-corrected chi connectivity index (χ0v) is 19.5. The fourth-order valence-electron chi connectivity index (χ4n) is 2.88. The van der Waals surface area contributed by atoms with Crippen molar-refractivity contribution in [2.45, 2.75) is 6.61 Å². The number of nitrogens with one attached hydrogen (secondary N) is 1. The van der Waals surface area contributed by atoms with Gasteiger partial charge < -0.3 is 19.2 Å². The fraction of sp³-hybridized carbons (Fsp3) is 0.0909. The van der Waals surface area contributed by atoms with Crippen LogP contribution in [0.3, 0.4) is 0 Å². The van der Waals surface area contributed by atoms with Crippen LogP contribution < -0.4 is 10.1 Å². The smallest absolute Gasteiger partial charge is 0.349 e. The molecule has 0 aliphatic rings. The molecule has 4 aromatic rings. The van der Waals surface area contributed by atoms with Gasteiger partial charge in [0, 0.05) is 15.8 Å². The minimum Gasteiger partial charge on any atom is -0.484 e. The first-order valence-corrected chi connectivity index (χ1v) is 11.1. The van der Waals surface area contributed by atoms with E-state index < -0.39 is 11.9 Å². The number of carbonyl (C=O) groups is 2. The molecule has 0 radical (unpaired) electrons. The van der Waals surface area contributed by atoms with Gasteiger partial charge in [-0.15, -0.1) is 11.3 Å². The number of hydrogen-bond donors (Lipinski definition) is 1. The summed E-state index contributed by atoms with van der Waals surface area (Å²) in [5.41, 5.74) is 0.525. The van der Waals surface area contributed by atoms with Crippen molar-refractivity contribution in [3.8, 4) is 5.75 Å². The summed E-state index contributed by atoms with van der Waals surface area (Å²) in [6, 6.07) is 13.4. The Kier molecular flexibility index (Phi) is 6.62. The standard InChI is InChI=1S/C22H14Cl3NO5S/c1-29-22(28)20-18(24)13-7-5-11(9-17(13)32-20)26-21(27)16-8-6-12(31-16)10-30-15-4-2-3-14(23)19(15)25/h2-9H,10H2,1H3,(H,26,27). The number of hydrogen-bond acceptors (Lipinski definition) is 6. The number of rotatable bonds is 6. The highest BCUT2D eigenvalue weighted by molar-refractivity contribution is 7.21. The van der Waals surface area contributed by atoms with Crippen LogP contribution in [-0.4, -0.2) is 19.0 Å². The Bertz CT molecular complexity index is 1330. The summed E-state index contributed by atoms with van der Waals surface area (Å²) in [5, 5.41) is 4.47. The molecule has 0 aliphatic heterocycles. The molecule has 10 heteroatoms.